The van der Waals surface area contributed by atoms with Gasteiger partial charge in [0.15, 0.2) is 0 Å². The Morgan fingerprint density at radius 2 is 1.74 bits per heavy atom. The number of hydrogen-bond donors (Lipinski definition) is 0. The summed E-state index contributed by atoms with van der Waals surface area (Å²) in [5.74, 6) is 0. The first kappa shape index (κ1) is 16.1. The van der Waals surface area contributed by atoms with Crippen molar-refractivity contribution >= 4 is 19.8 Å². The van der Waals surface area contributed by atoms with Crippen LogP contribution in [0.25, 0.3) is 6.08 Å². The fourth-order valence-electron chi connectivity index (χ4n) is 2.17. The number of benzene rings is 1. The second-order valence-corrected chi connectivity index (χ2v) is 8.29. The summed E-state index contributed by atoms with van der Waals surface area (Å²) in [5, 5.41) is 1.18. The van der Waals surface area contributed by atoms with Crippen molar-refractivity contribution in [2.24, 2.45) is 0 Å². The van der Waals surface area contributed by atoms with E-state index in [4.69, 9.17) is 8.85 Å². The van der Waals surface area contributed by atoms with Gasteiger partial charge in [-0.25, -0.2) is 0 Å². The molecule has 0 aliphatic carbocycles. The Morgan fingerprint density at radius 1 is 1.16 bits per heavy atom. The molecule has 0 heterocycles. The Kier molecular flexibility index (Phi) is 6.44. The summed E-state index contributed by atoms with van der Waals surface area (Å²) in [4.78, 5) is 2.19. The van der Waals surface area contributed by atoms with E-state index < -0.39 is 8.56 Å². The fourth-order valence-corrected chi connectivity index (χ4v) is 4.80. The Morgan fingerprint density at radius 3 is 2.16 bits per heavy atom. The smallest absolute Gasteiger partial charge is 0.372 e. The van der Waals surface area contributed by atoms with E-state index in [-0.39, 0.29) is 0 Å². The first-order valence-corrected chi connectivity index (χ1v) is 8.58. The molecule has 0 aliphatic rings. The normalized spacial score (nSPS) is 11.8. The van der Waals surface area contributed by atoms with E-state index in [0.717, 1.165) is 24.6 Å². The van der Waals surface area contributed by atoms with E-state index >= 15 is 0 Å². The topological polar surface area (TPSA) is 21.7 Å². The highest BCUT2D eigenvalue weighted by Crippen LogP contribution is 2.15. The van der Waals surface area contributed by atoms with Gasteiger partial charge in [-0.15, -0.1) is 0 Å². The first-order valence-electron chi connectivity index (χ1n) is 6.56. The summed E-state index contributed by atoms with van der Waals surface area (Å²) in [7, 11) is 5.40. The molecule has 3 nitrogen and oxygen atoms in total. The predicted molar refractivity (Wildman–Crippen MR) is 83.9 cm³/mol. The van der Waals surface area contributed by atoms with Crippen LogP contribution in [0.5, 0.6) is 0 Å². The summed E-state index contributed by atoms with van der Waals surface area (Å²) >= 11 is 0. The average molecular weight is 279 g/mol. The summed E-state index contributed by atoms with van der Waals surface area (Å²) in [5.41, 5.74) is 1.12. The summed E-state index contributed by atoms with van der Waals surface area (Å²) in [6, 6.07) is 9.30. The van der Waals surface area contributed by atoms with Crippen molar-refractivity contribution in [3.63, 3.8) is 0 Å². The van der Waals surface area contributed by atoms with Crippen molar-refractivity contribution in [1.29, 1.82) is 0 Å². The van der Waals surface area contributed by atoms with Gasteiger partial charge in [0, 0.05) is 14.2 Å². The van der Waals surface area contributed by atoms with Crippen molar-refractivity contribution in [1.82, 2.24) is 4.90 Å². The molecule has 106 valence electrons. The van der Waals surface area contributed by atoms with Gasteiger partial charge in [0.25, 0.3) is 0 Å². The van der Waals surface area contributed by atoms with Crippen LogP contribution in [0.1, 0.15) is 12.0 Å². The molecule has 0 saturated heterocycles. The molecule has 1 aromatic rings. The summed E-state index contributed by atoms with van der Waals surface area (Å²) in [6.07, 6.45) is 2.92. The van der Waals surface area contributed by atoms with Crippen LogP contribution < -0.4 is 5.19 Å². The Balaban J connectivity index is 2.86. The Hall–Kier alpha value is -0.943. The minimum atomic E-state index is -2.28. The van der Waals surface area contributed by atoms with E-state index in [0.29, 0.717) is 0 Å². The fraction of sp³-hybridized carbons (Fsp3) is 0.467. The molecule has 0 radical (unpaired) electrons. The second-order valence-electron chi connectivity index (χ2n) is 4.89. The molecule has 0 amide bonds. The van der Waals surface area contributed by atoms with Crippen molar-refractivity contribution in [3.8, 4) is 0 Å². The minimum Gasteiger partial charge on any atom is -0.394 e. The highest BCUT2D eigenvalue weighted by Gasteiger charge is 2.37. The van der Waals surface area contributed by atoms with Gasteiger partial charge in [-0.3, -0.25) is 0 Å². The zero-order valence-electron chi connectivity index (χ0n) is 12.5. The van der Waals surface area contributed by atoms with Crippen molar-refractivity contribution in [3.05, 3.63) is 36.4 Å². The highest BCUT2D eigenvalue weighted by atomic mass is 28.4. The van der Waals surface area contributed by atoms with Gasteiger partial charge in [0.1, 0.15) is 0 Å². The van der Waals surface area contributed by atoms with Crippen LogP contribution in [0.3, 0.4) is 0 Å². The van der Waals surface area contributed by atoms with Crippen LogP contribution in [-0.4, -0.2) is 48.3 Å². The van der Waals surface area contributed by atoms with Gasteiger partial charge in [-0.05, 0) is 43.9 Å². The van der Waals surface area contributed by atoms with Gasteiger partial charge < -0.3 is 13.8 Å². The molecule has 4 heteroatoms. The molecule has 0 aromatic heterocycles. The predicted octanol–water partition coefficient (Wildman–Crippen LogP) is 2.22. The van der Waals surface area contributed by atoms with Gasteiger partial charge in [-0.1, -0.05) is 36.9 Å². The van der Waals surface area contributed by atoms with Crippen molar-refractivity contribution < 1.29 is 8.85 Å². The van der Waals surface area contributed by atoms with E-state index in [2.05, 4.69) is 49.8 Å². The van der Waals surface area contributed by atoms with E-state index in [1.165, 1.54) is 5.19 Å². The van der Waals surface area contributed by atoms with Gasteiger partial charge in [0.05, 0.1) is 0 Å². The number of nitrogens with zero attached hydrogens (tertiary/aromatic N) is 1. The molecule has 0 N–H and O–H groups in total. The largest absolute Gasteiger partial charge is 0.394 e. The van der Waals surface area contributed by atoms with Gasteiger partial charge >= 0.3 is 8.56 Å². The monoisotopic (exact) mass is 279 g/mol. The quantitative estimate of drug-likeness (QED) is 0.681. The zero-order chi connectivity index (χ0) is 14.3. The molecule has 0 spiro atoms. The van der Waals surface area contributed by atoms with Crippen molar-refractivity contribution in [2.75, 3.05) is 34.9 Å². The lowest BCUT2D eigenvalue weighted by molar-refractivity contribution is 0.254. The molecule has 0 atom stereocenters. The molecule has 1 aromatic carbocycles. The van der Waals surface area contributed by atoms with Crippen LogP contribution in [0, 0.1) is 0 Å². The van der Waals surface area contributed by atoms with Crippen LogP contribution in [0.15, 0.2) is 30.8 Å². The molecular weight excluding hydrogens is 254 g/mol. The molecule has 0 saturated carbocycles. The lowest BCUT2D eigenvalue weighted by atomic mass is 10.2. The molecule has 0 aliphatic heterocycles. The Bertz CT molecular complexity index is 386. The third-order valence-corrected chi connectivity index (χ3v) is 6.90. The van der Waals surface area contributed by atoms with Gasteiger partial charge in [-0.2, -0.15) is 0 Å². The lowest BCUT2D eigenvalue weighted by Crippen LogP contribution is -2.52. The van der Waals surface area contributed by atoms with Crippen molar-refractivity contribution in [2.45, 2.75) is 12.5 Å². The lowest BCUT2D eigenvalue weighted by Gasteiger charge is -2.28. The maximum atomic E-state index is 5.80. The second kappa shape index (κ2) is 7.60. The van der Waals surface area contributed by atoms with Crippen LogP contribution >= 0.6 is 0 Å². The van der Waals surface area contributed by atoms with Gasteiger partial charge in [0.2, 0.25) is 0 Å². The van der Waals surface area contributed by atoms with E-state index in [1.807, 2.05) is 6.08 Å². The highest BCUT2D eigenvalue weighted by molar-refractivity contribution is 6.81. The minimum absolute atomic E-state index is 0.964. The standard InChI is InChI=1S/C15H25NO2Si/c1-6-14-8-10-15(11-9-14)19(17-4,18-5)13-7-12-16(2)3/h6,8-11H,1,7,12-13H2,2-5H3. The summed E-state index contributed by atoms with van der Waals surface area (Å²) < 4.78 is 11.6. The molecular formula is C15H25NO2Si. The molecule has 19 heavy (non-hydrogen) atoms. The van der Waals surface area contributed by atoms with E-state index in [1.54, 1.807) is 14.2 Å². The number of hydrogen-bond acceptors (Lipinski definition) is 3. The van der Waals surface area contributed by atoms with Crippen LogP contribution in [0.2, 0.25) is 6.04 Å². The SMILES string of the molecule is C=Cc1ccc([Si](CCCN(C)C)(OC)OC)cc1. The Labute approximate surface area is 118 Å². The van der Waals surface area contributed by atoms with Crippen LogP contribution in [0.4, 0.5) is 0 Å². The zero-order valence-corrected chi connectivity index (χ0v) is 13.5. The molecule has 0 unspecified atom stereocenters. The third kappa shape index (κ3) is 4.28. The maximum Gasteiger partial charge on any atom is 0.372 e. The summed E-state index contributed by atoms with van der Waals surface area (Å²) in [6.45, 7) is 4.82. The van der Waals surface area contributed by atoms with Crippen LogP contribution in [-0.2, 0) is 8.85 Å². The van der Waals surface area contributed by atoms with E-state index in [9.17, 15) is 0 Å². The average Bonchev–Trinajstić information content (AvgIpc) is 2.44. The third-order valence-electron chi connectivity index (χ3n) is 3.36. The maximum absolute atomic E-state index is 5.80. The first-order chi connectivity index (χ1) is 9.07. The molecule has 0 fully saturated rings. The molecule has 0 bridgehead atoms. The number of rotatable bonds is 8. The molecule has 1 rings (SSSR count).